The zero-order valence-corrected chi connectivity index (χ0v) is 18.6. The molecule has 0 saturated carbocycles. The first-order valence-corrected chi connectivity index (χ1v) is 11.1. The third-order valence-corrected chi connectivity index (χ3v) is 6.04. The Bertz CT molecular complexity index is 1370. The van der Waals surface area contributed by atoms with Crippen molar-refractivity contribution in [3.8, 4) is 11.1 Å². The van der Waals surface area contributed by atoms with Crippen LogP contribution >= 0.6 is 11.6 Å². The highest BCUT2D eigenvalue weighted by Crippen LogP contribution is 2.34. The van der Waals surface area contributed by atoms with Gasteiger partial charge in [-0.3, -0.25) is 0 Å². The first-order chi connectivity index (χ1) is 16.3. The van der Waals surface area contributed by atoms with Gasteiger partial charge in [-0.15, -0.1) is 5.10 Å². The summed E-state index contributed by atoms with van der Waals surface area (Å²) in [4.78, 5) is 15.2. The number of aromatic nitrogens is 4. The fourth-order valence-corrected chi connectivity index (χ4v) is 4.19. The summed E-state index contributed by atoms with van der Waals surface area (Å²) in [5.74, 6) is 0. The third-order valence-electron chi connectivity index (χ3n) is 5.79. The molecule has 3 heterocycles. The number of benzene rings is 2. The van der Waals surface area contributed by atoms with Crippen LogP contribution in [0.4, 0.5) is 18.9 Å². The molecule has 0 aliphatic carbocycles. The van der Waals surface area contributed by atoms with Gasteiger partial charge in [0.2, 0.25) is 5.65 Å². The second-order valence-electron chi connectivity index (χ2n) is 8.02. The summed E-state index contributed by atoms with van der Waals surface area (Å²) >= 11 is 6.06. The van der Waals surface area contributed by atoms with Crippen molar-refractivity contribution in [3.63, 3.8) is 0 Å². The molecule has 11 heteroatoms. The highest BCUT2D eigenvalue weighted by atomic mass is 35.5. The molecule has 7 nitrogen and oxygen atoms in total. The van der Waals surface area contributed by atoms with Crippen molar-refractivity contribution in [2.24, 2.45) is 0 Å². The minimum Gasteiger partial charge on any atom is -0.365 e. The lowest BCUT2D eigenvalue weighted by Gasteiger charge is -2.30. The van der Waals surface area contributed by atoms with E-state index in [0.717, 1.165) is 55.1 Å². The van der Waals surface area contributed by atoms with Crippen LogP contribution in [0.3, 0.4) is 0 Å². The van der Waals surface area contributed by atoms with Crippen LogP contribution in [0.1, 0.15) is 11.1 Å². The number of alkyl halides is 3. The van der Waals surface area contributed by atoms with Gasteiger partial charge < -0.3 is 10.2 Å². The first kappa shape index (κ1) is 22.4. The van der Waals surface area contributed by atoms with Gasteiger partial charge in [-0.2, -0.15) is 22.8 Å². The molecule has 0 unspecified atom stereocenters. The fraction of sp³-hybridized carbons (Fsp3) is 0.261. The van der Waals surface area contributed by atoms with Crippen LogP contribution in [0.15, 0.2) is 59.5 Å². The van der Waals surface area contributed by atoms with E-state index in [4.69, 9.17) is 11.6 Å². The monoisotopic (exact) mass is 488 g/mol. The summed E-state index contributed by atoms with van der Waals surface area (Å²) in [7, 11) is 0. The Morgan fingerprint density at radius 3 is 2.32 bits per heavy atom. The summed E-state index contributed by atoms with van der Waals surface area (Å²) in [6.07, 6.45) is -2.78. The van der Waals surface area contributed by atoms with Gasteiger partial charge in [0.1, 0.15) is 0 Å². The summed E-state index contributed by atoms with van der Waals surface area (Å²) < 4.78 is 41.1. The molecule has 1 aliphatic rings. The van der Waals surface area contributed by atoms with E-state index in [1.165, 1.54) is 21.3 Å². The van der Waals surface area contributed by atoms with Crippen LogP contribution in [-0.4, -0.2) is 45.6 Å². The van der Waals surface area contributed by atoms with E-state index in [-0.39, 0.29) is 6.54 Å². The molecule has 34 heavy (non-hydrogen) atoms. The first-order valence-electron chi connectivity index (χ1n) is 10.7. The molecule has 1 fully saturated rings. The molecule has 0 radical (unpaired) electrons. The SMILES string of the molecule is O=c1n(Cc2ccc(C(F)(F)F)cc2)nc2c(N3CCNCC3)c(-c3ccc(Cl)cc3)cnn12. The van der Waals surface area contributed by atoms with Gasteiger partial charge in [0.25, 0.3) is 0 Å². The van der Waals surface area contributed by atoms with Gasteiger partial charge in [0, 0.05) is 36.8 Å². The van der Waals surface area contributed by atoms with Crippen LogP contribution in [0.5, 0.6) is 0 Å². The number of hydrogen-bond acceptors (Lipinski definition) is 5. The molecule has 2 aromatic carbocycles. The molecule has 1 saturated heterocycles. The Morgan fingerprint density at radius 2 is 1.68 bits per heavy atom. The number of piperazine rings is 1. The van der Waals surface area contributed by atoms with Gasteiger partial charge in [-0.25, -0.2) is 9.48 Å². The van der Waals surface area contributed by atoms with E-state index < -0.39 is 17.4 Å². The largest absolute Gasteiger partial charge is 0.416 e. The predicted molar refractivity (Wildman–Crippen MR) is 123 cm³/mol. The van der Waals surface area contributed by atoms with Crippen LogP contribution in [-0.2, 0) is 12.7 Å². The third kappa shape index (κ3) is 4.26. The Kier molecular flexibility index (Phi) is 5.78. The molecular formula is C23H20ClF3N6O. The van der Waals surface area contributed by atoms with Gasteiger partial charge in [-0.1, -0.05) is 35.9 Å². The molecule has 1 N–H and O–H groups in total. The molecule has 2 aromatic heterocycles. The van der Waals surface area contributed by atoms with Gasteiger partial charge in [0.15, 0.2) is 0 Å². The van der Waals surface area contributed by atoms with E-state index in [0.29, 0.717) is 16.2 Å². The molecule has 0 bridgehead atoms. The Labute approximate surface area is 197 Å². The molecule has 176 valence electrons. The van der Waals surface area contributed by atoms with Crippen molar-refractivity contribution in [3.05, 3.63) is 81.4 Å². The normalized spacial score (nSPS) is 14.6. The molecular weight excluding hydrogens is 469 g/mol. The molecule has 0 amide bonds. The summed E-state index contributed by atoms with van der Waals surface area (Å²) in [5, 5.41) is 12.8. The Balaban J connectivity index is 1.60. The maximum absolute atomic E-state index is 13.1. The lowest BCUT2D eigenvalue weighted by Crippen LogP contribution is -2.44. The van der Waals surface area contributed by atoms with E-state index in [9.17, 15) is 18.0 Å². The zero-order chi connectivity index (χ0) is 23.9. The Morgan fingerprint density at radius 1 is 1.00 bits per heavy atom. The van der Waals surface area contributed by atoms with Gasteiger partial charge >= 0.3 is 11.9 Å². The van der Waals surface area contributed by atoms with Crippen molar-refractivity contribution < 1.29 is 13.2 Å². The maximum Gasteiger partial charge on any atom is 0.416 e. The van der Waals surface area contributed by atoms with Gasteiger partial charge in [-0.05, 0) is 35.4 Å². The van der Waals surface area contributed by atoms with Crippen molar-refractivity contribution in [1.82, 2.24) is 24.7 Å². The fourth-order valence-electron chi connectivity index (χ4n) is 4.06. The molecule has 0 atom stereocenters. The maximum atomic E-state index is 13.1. The topological polar surface area (TPSA) is 67.5 Å². The van der Waals surface area contributed by atoms with Crippen LogP contribution in [0.2, 0.25) is 5.02 Å². The lowest BCUT2D eigenvalue weighted by molar-refractivity contribution is -0.137. The average molecular weight is 489 g/mol. The predicted octanol–water partition coefficient (Wildman–Crippen LogP) is 3.69. The summed E-state index contributed by atoms with van der Waals surface area (Å²) in [6.45, 7) is 3.04. The smallest absolute Gasteiger partial charge is 0.365 e. The highest BCUT2D eigenvalue weighted by molar-refractivity contribution is 6.30. The lowest BCUT2D eigenvalue weighted by atomic mass is 10.1. The van der Waals surface area contributed by atoms with Crippen LogP contribution in [0.25, 0.3) is 16.8 Å². The van der Waals surface area contributed by atoms with E-state index in [2.05, 4.69) is 20.4 Å². The highest BCUT2D eigenvalue weighted by Gasteiger charge is 2.30. The molecule has 5 rings (SSSR count). The summed E-state index contributed by atoms with van der Waals surface area (Å²) in [6, 6.07) is 12.1. The number of nitrogens with one attached hydrogen (secondary N) is 1. The van der Waals surface area contributed by atoms with Crippen molar-refractivity contribution in [2.75, 3.05) is 31.1 Å². The van der Waals surface area contributed by atoms with E-state index >= 15 is 0 Å². The number of rotatable bonds is 4. The minimum absolute atomic E-state index is 0.0254. The molecule has 1 aliphatic heterocycles. The quantitative estimate of drug-likeness (QED) is 0.474. The van der Waals surface area contributed by atoms with Crippen molar-refractivity contribution in [1.29, 1.82) is 0 Å². The minimum atomic E-state index is -4.42. The van der Waals surface area contributed by atoms with E-state index in [1.54, 1.807) is 18.3 Å². The number of fused-ring (bicyclic) bond motifs is 1. The number of hydrogen-bond donors (Lipinski definition) is 1. The molecule has 0 spiro atoms. The van der Waals surface area contributed by atoms with Crippen molar-refractivity contribution >= 4 is 22.9 Å². The second kappa shape index (κ2) is 8.77. The van der Waals surface area contributed by atoms with Gasteiger partial charge in [0.05, 0.1) is 24.0 Å². The molecule has 4 aromatic rings. The number of anilines is 1. The zero-order valence-electron chi connectivity index (χ0n) is 17.9. The Hall–Kier alpha value is -3.37. The standard InChI is InChI=1S/C23H20ClF3N6O/c24-18-7-3-16(4-8-18)19-13-29-33-21(20(19)31-11-9-28-10-12-31)30-32(22(33)34)14-15-1-5-17(6-2-15)23(25,26)27/h1-8,13,28H,9-12,14H2. The average Bonchev–Trinajstić information content (AvgIpc) is 3.14. The van der Waals surface area contributed by atoms with Crippen molar-refractivity contribution in [2.45, 2.75) is 12.7 Å². The second-order valence-corrected chi connectivity index (χ2v) is 8.46. The summed E-state index contributed by atoms with van der Waals surface area (Å²) in [5.41, 5.74) is 2.20. The number of halogens is 4. The van der Waals surface area contributed by atoms with Crippen LogP contribution < -0.4 is 15.9 Å². The number of nitrogens with zero attached hydrogens (tertiary/aromatic N) is 5. The van der Waals surface area contributed by atoms with Crippen LogP contribution in [0, 0.1) is 0 Å². The van der Waals surface area contributed by atoms with E-state index in [1.807, 2.05) is 12.1 Å².